The van der Waals surface area contributed by atoms with Crippen molar-refractivity contribution >= 4 is 29.9 Å². The minimum Gasteiger partial charge on any atom is -0.491 e. The lowest BCUT2D eigenvalue weighted by Crippen LogP contribution is -2.40. The van der Waals surface area contributed by atoms with Crippen LogP contribution in [0.4, 0.5) is 0 Å². The number of aryl methyl sites for hydroxylation is 1. The molecule has 6 nitrogen and oxygen atoms in total. The predicted octanol–water partition coefficient (Wildman–Crippen LogP) is 3.74. The molecular weight excluding hydrogens is 481 g/mol. The van der Waals surface area contributed by atoms with Crippen molar-refractivity contribution in [1.82, 2.24) is 10.6 Å². The summed E-state index contributed by atoms with van der Waals surface area (Å²) in [4.78, 5) is 4.73. The molecule has 1 aromatic rings. The van der Waals surface area contributed by atoms with Gasteiger partial charge in [0.2, 0.25) is 0 Å². The molecule has 0 fully saturated rings. The van der Waals surface area contributed by atoms with Gasteiger partial charge in [-0.25, -0.2) is 4.99 Å². The molecule has 0 amide bonds. The summed E-state index contributed by atoms with van der Waals surface area (Å²) in [6.45, 7) is 12.0. The van der Waals surface area contributed by atoms with Crippen molar-refractivity contribution in [3.05, 3.63) is 29.3 Å². The molecule has 1 unspecified atom stereocenters. The fourth-order valence-corrected chi connectivity index (χ4v) is 3.06. The van der Waals surface area contributed by atoms with Crippen LogP contribution in [0.5, 0.6) is 5.75 Å². The number of guanidine groups is 1. The van der Waals surface area contributed by atoms with Crippen LogP contribution < -0.4 is 15.4 Å². The third-order valence-electron chi connectivity index (χ3n) is 4.42. The Morgan fingerprint density at radius 2 is 1.97 bits per heavy atom. The SMILES string of the molecule is CCNC(=NCc1ccc(C)cc1OCCOC)NCC(CCO)CC(C)C.I. The van der Waals surface area contributed by atoms with Gasteiger partial charge in [-0.2, -0.15) is 0 Å². The lowest BCUT2D eigenvalue weighted by atomic mass is 9.94. The predicted molar refractivity (Wildman–Crippen MR) is 131 cm³/mol. The Bertz CT molecular complexity index is 582. The van der Waals surface area contributed by atoms with Crippen molar-refractivity contribution < 1.29 is 14.6 Å². The third kappa shape index (κ3) is 12.3. The zero-order valence-corrected chi connectivity index (χ0v) is 21.0. The maximum Gasteiger partial charge on any atom is 0.191 e. The molecule has 1 aromatic carbocycles. The number of aliphatic imine (C=N–C) groups is 1. The first-order valence-corrected chi connectivity index (χ1v) is 10.3. The summed E-state index contributed by atoms with van der Waals surface area (Å²) in [6.07, 6.45) is 1.89. The molecule has 29 heavy (non-hydrogen) atoms. The second-order valence-electron chi connectivity index (χ2n) is 7.54. The highest BCUT2D eigenvalue weighted by Crippen LogP contribution is 2.21. The number of aliphatic hydroxyl groups is 1. The second-order valence-corrected chi connectivity index (χ2v) is 7.54. The zero-order chi connectivity index (χ0) is 20.8. The fraction of sp³-hybridized carbons (Fsp3) is 0.682. The van der Waals surface area contributed by atoms with Crippen molar-refractivity contribution in [2.75, 3.05) is 40.0 Å². The minimum atomic E-state index is 0. The topological polar surface area (TPSA) is 75.1 Å². The highest BCUT2D eigenvalue weighted by molar-refractivity contribution is 14.0. The molecule has 0 heterocycles. The standard InChI is InChI=1S/C22H39N3O3.HI/c1-6-23-22(24-15-19(9-10-26)13-17(2)3)25-16-20-8-7-18(4)14-21(20)28-12-11-27-5;/h7-8,14,17,19,26H,6,9-13,15-16H2,1-5H3,(H2,23,24,25);1H. The van der Waals surface area contributed by atoms with Gasteiger partial charge in [0.25, 0.3) is 0 Å². The Hall–Kier alpha value is -1.06. The van der Waals surface area contributed by atoms with Crippen molar-refractivity contribution in [1.29, 1.82) is 0 Å². The van der Waals surface area contributed by atoms with Gasteiger partial charge in [0.05, 0.1) is 13.2 Å². The lowest BCUT2D eigenvalue weighted by Gasteiger charge is -2.20. The summed E-state index contributed by atoms with van der Waals surface area (Å²) in [6, 6.07) is 6.19. The highest BCUT2D eigenvalue weighted by atomic mass is 127. The normalized spacial score (nSPS) is 12.4. The lowest BCUT2D eigenvalue weighted by molar-refractivity contribution is 0.145. The first-order chi connectivity index (χ1) is 13.5. The molecule has 0 radical (unpaired) electrons. The van der Waals surface area contributed by atoms with Crippen molar-refractivity contribution in [2.45, 2.75) is 47.1 Å². The number of halogens is 1. The second kappa shape index (κ2) is 16.7. The molecule has 0 spiro atoms. The van der Waals surface area contributed by atoms with Crippen LogP contribution in [0.3, 0.4) is 0 Å². The molecule has 7 heteroatoms. The molecule has 1 atom stereocenters. The van der Waals surface area contributed by atoms with E-state index < -0.39 is 0 Å². The molecule has 1 rings (SSSR count). The van der Waals surface area contributed by atoms with E-state index in [9.17, 15) is 5.11 Å². The Kier molecular flexibility index (Phi) is 16.1. The summed E-state index contributed by atoms with van der Waals surface area (Å²) >= 11 is 0. The quantitative estimate of drug-likeness (QED) is 0.160. The zero-order valence-electron chi connectivity index (χ0n) is 18.7. The van der Waals surface area contributed by atoms with Gasteiger partial charge in [0.1, 0.15) is 12.4 Å². The molecule has 0 aliphatic rings. The number of hydrogen-bond acceptors (Lipinski definition) is 4. The smallest absolute Gasteiger partial charge is 0.191 e. The fourth-order valence-electron chi connectivity index (χ4n) is 3.06. The highest BCUT2D eigenvalue weighted by Gasteiger charge is 2.12. The molecule has 3 N–H and O–H groups in total. The van der Waals surface area contributed by atoms with Gasteiger partial charge in [-0.15, -0.1) is 24.0 Å². The average Bonchev–Trinajstić information content (AvgIpc) is 2.65. The van der Waals surface area contributed by atoms with Gasteiger partial charge in [0.15, 0.2) is 5.96 Å². The van der Waals surface area contributed by atoms with Crippen LogP contribution in [0.1, 0.15) is 44.7 Å². The van der Waals surface area contributed by atoms with Crippen molar-refractivity contribution in [2.24, 2.45) is 16.8 Å². The number of methoxy groups -OCH3 is 1. The first kappa shape index (κ1) is 27.9. The summed E-state index contributed by atoms with van der Waals surface area (Å²) in [5.74, 6) is 2.69. The van der Waals surface area contributed by atoms with Crippen LogP contribution in [-0.2, 0) is 11.3 Å². The number of hydrogen-bond donors (Lipinski definition) is 3. The molecule has 0 aliphatic carbocycles. The van der Waals surface area contributed by atoms with E-state index in [-0.39, 0.29) is 30.6 Å². The van der Waals surface area contributed by atoms with Gasteiger partial charge < -0.3 is 25.2 Å². The van der Waals surface area contributed by atoms with E-state index in [2.05, 4.69) is 50.5 Å². The van der Waals surface area contributed by atoms with E-state index in [1.54, 1.807) is 7.11 Å². The number of rotatable bonds is 13. The van der Waals surface area contributed by atoms with E-state index >= 15 is 0 Å². The van der Waals surface area contributed by atoms with Crippen LogP contribution in [0.2, 0.25) is 0 Å². The van der Waals surface area contributed by atoms with Gasteiger partial charge in [-0.05, 0) is 50.2 Å². The maximum atomic E-state index is 9.32. The van der Waals surface area contributed by atoms with Crippen LogP contribution in [0.15, 0.2) is 23.2 Å². The Labute approximate surface area is 193 Å². The number of nitrogens with zero attached hydrogens (tertiary/aromatic N) is 1. The Balaban J connectivity index is 0.00000784. The summed E-state index contributed by atoms with van der Waals surface area (Å²) in [5, 5.41) is 16.0. The molecular formula is C22H40IN3O3. The van der Waals surface area contributed by atoms with Crippen LogP contribution in [0, 0.1) is 18.8 Å². The number of nitrogens with one attached hydrogen (secondary N) is 2. The van der Waals surface area contributed by atoms with Gasteiger partial charge >= 0.3 is 0 Å². The molecule has 0 saturated heterocycles. The largest absolute Gasteiger partial charge is 0.491 e. The number of ether oxygens (including phenoxy) is 2. The number of aliphatic hydroxyl groups excluding tert-OH is 1. The molecule has 0 aromatic heterocycles. The molecule has 0 bridgehead atoms. The summed E-state index contributed by atoms with van der Waals surface area (Å²) < 4.78 is 10.9. The molecule has 0 saturated carbocycles. The van der Waals surface area contributed by atoms with Gasteiger partial charge in [0, 0.05) is 32.4 Å². The Morgan fingerprint density at radius 3 is 2.59 bits per heavy atom. The Morgan fingerprint density at radius 1 is 1.21 bits per heavy atom. The third-order valence-corrected chi connectivity index (χ3v) is 4.42. The van der Waals surface area contributed by atoms with Gasteiger partial charge in [-0.1, -0.05) is 26.0 Å². The van der Waals surface area contributed by atoms with Crippen LogP contribution in [0.25, 0.3) is 0 Å². The summed E-state index contributed by atoms with van der Waals surface area (Å²) in [5.41, 5.74) is 2.21. The van der Waals surface area contributed by atoms with E-state index in [1.165, 1.54) is 0 Å². The van der Waals surface area contributed by atoms with Gasteiger partial charge in [-0.3, -0.25) is 0 Å². The van der Waals surface area contributed by atoms with Crippen LogP contribution in [-0.4, -0.2) is 51.1 Å². The maximum absolute atomic E-state index is 9.32. The average molecular weight is 521 g/mol. The summed E-state index contributed by atoms with van der Waals surface area (Å²) in [7, 11) is 1.67. The van der Waals surface area contributed by atoms with E-state index in [1.807, 2.05) is 6.07 Å². The molecule has 168 valence electrons. The molecule has 0 aliphatic heterocycles. The first-order valence-electron chi connectivity index (χ1n) is 10.3. The number of benzene rings is 1. The minimum absolute atomic E-state index is 0. The van der Waals surface area contributed by atoms with Crippen LogP contribution >= 0.6 is 24.0 Å². The van der Waals surface area contributed by atoms with E-state index in [4.69, 9.17) is 14.5 Å². The monoisotopic (exact) mass is 521 g/mol. The van der Waals surface area contributed by atoms with Crippen molar-refractivity contribution in [3.8, 4) is 5.75 Å². The van der Waals surface area contributed by atoms with E-state index in [0.717, 1.165) is 48.8 Å². The van der Waals surface area contributed by atoms with Crippen molar-refractivity contribution in [3.63, 3.8) is 0 Å². The van der Waals surface area contributed by atoms with E-state index in [0.29, 0.717) is 31.6 Å².